The van der Waals surface area contributed by atoms with Crippen molar-refractivity contribution < 1.29 is 58.2 Å². The third-order valence-corrected chi connectivity index (χ3v) is 7.18. The molecule has 238 valence electrons. The van der Waals surface area contributed by atoms with Crippen LogP contribution in [-0.2, 0) is 29.8 Å². The molecule has 2 atom stereocenters. The Balaban J connectivity index is 1.81. The van der Waals surface area contributed by atoms with E-state index in [0.29, 0.717) is 18.2 Å². The number of ether oxygens (including phenoxy) is 2. The van der Waals surface area contributed by atoms with Crippen molar-refractivity contribution in [1.29, 1.82) is 0 Å². The summed E-state index contributed by atoms with van der Waals surface area (Å²) < 4.78 is 147. The number of aromatic nitrogens is 1. The van der Waals surface area contributed by atoms with Crippen LogP contribution in [0.25, 0.3) is 11.1 Å². The predicted molar refractivity (Wildman–Crippen MR) is 136 cm³/mol. The van der Waals surface area contributed by atoms with Crippen molar-refractivity contribution in [3.8, 4) is 16.9 Å². The maximum atomic E-state index is 14.7. The monoisotopic (exact) mass is 638 g/mol. The van der Waals surface area contributed by atoms with E-state index in [9.17, 15) is 48.7 Å². The van der Waals surface area contributed by atoms with Crippen LogP contribution in [0.1, 0.15) is 66.3 Å². The first-order valence-electron chi connectivity index (χ1n) is 12.9. The normalized spacial score (nSPS) is 17.8. The fraction of sp³-hybridized carbons (Fsp3) is 0.379. The second-order valence-electron chi connectivity index (χ2n) is 10.5. The van der Waals surface area contributed by atoms with E-state index >= 15 is 0 Å². The number of carbonyl (C=O) groups is 1. The lowest BCUT2D eigenvalue weighted by molar-refractivity contribution is -0.143. The molecule has 1 aromatic heterocycles. The van der Waals surface area contributed by atoms with Crippen LogP contribution in [0.2, 0.25) is 0 Å². The Labute approximate surface area is 244 Å². The molecule has 1 amide bonds. The first-order chi connectivity index (χ1) is 20.2. The molecule has 2 aromatic carbocycles. The highest BCUT2D eigenvalue weighted by Crippen LogP contribution is 2.43. The zero-order valence-electron chi connectivity index (χ0n) is 23.4. The minimum atomic E-state index is -5.16. The molecule has 0 radical (unpaired) electrons. The highest BCUT2D eigenvalue weighted by molar-refractivity contribution is 5.76. The van der Waals surface area contributed by atoms with E-state index in [4.69, 9.17) is 9.47 Å². The van der Waals surface area contributed by atoms with E-state index in [-0.39, 0.29) is 40.0 Å². The minimum Gasteiger partial charge on any atom is -0.496 e. The quantitative estimate of drug-likeness (QED) is 0.253. The average Bonchev–Trinajstić information content (AvgIpc) is 3.19. The third-order valence-electron chi connectivity index (χ3n) is 7.18. The lowest BCUT2D eigenvalue weighted by atomic mass is 9.93. The summed E-state index contributed by atoms with van der Waals surface area (Å²) in [7, 11) is 1.21. The molecule has 2 heterocycles. The fourth-order valence-electron chi connectivity index (χ4n) is 4.91. The number of nitrogens with zero attached hydrogens (tertiary/aromatic N) is 2. The summed E-state index contributed by atoms with van der Waals surface area (Å²) in [6, 6.07) is 2.58. The van der Waals surface area contributed by atoms with Crippen LogP contribution < -0.4 is 4.74 Å². The largest absolute Gasteiger partial charge is 0.496 e. The Morgan fingerprint density at radius 1 is 0.886 bits per heavy atom. The van der Waals surface area contributed by atoms with Crippen LogP contribution >= 0.6 is 0 Å². The maximum Gasteiger partial charge on any atom is 0.433 e. The van der Waals surface area contributed by atoms with Gasteiger partial charge in [-0.3, -0.25) is 9.88 Å². The minimum absolute atomic E-state index is 0.0126. The molecule has 1 saturated heterocycles. The van der Waals surface area contributed by atoms with Crippen LogP contribution in [0.3, 0.4) is 0 Å². The van der Waals surface area contributed by atoms with Gasteiger partial charge in [0.25, 0.3) is 0 Å². The molecule has 0 aliphatic carbocycles. The lowest BCUT2D eigenvalue weighted by Crippen LogP contribution is -2.32. The van der Waals surface area contributed by atoms with Crippen molar-refractivity contribution >= 4 is 6.09 Å². The summed E-state index contributed by atoms with van der Waals surface area (Å²) in [6.07, 6.45) is -17.2. The number of methoxy groups -OCH3 is 1. The smallest absolute Gasteiger partial charge is 0.433 e. The zero-order valence-corrected chi connectivity index (χ0v) is 23.4. The molecule has 15 heteroatoms. The molecule has 0 saturated carbocycles. The van der Waals surface area contributed by atoms with E-state index in [2.05, 4.69) is 4.98 Å². The Morgan fingerprint density at radius 2 is 1.48 bits per heavy atom. The molecule has 1 aliphatic heterocycles. The summed E-state index contributed by atoms with van der Waals surface area (Å²) >= 11 is 0. The highest BCUT2D eigenvalue weighted by Gasteiger charge is 2.44. The van der Waals surface area contributed by atoms with Crippen molar-refractivity contribution in [3.63, 3.8) is 0 Å². The molecule has 0 bridgehead atoms. The van der Waals surface area contributed by atoms with Gasteiger partial charge in [-0.25, -0.2) is 9.18 Å². The van der Waals surface area contributed by atoms with Gasteiger partial charge in [-0.15, -0.1) is 0 Å². The second kappa shape index (κ2) is 11.5. The SMILES string of the molecule is COc1cc(F)c(C(C)C)cc1-c1cnc(C(F)(F)F)cc1CN1C(=O)O[C@H](c2cc(C(F)(F)F)cc(C(F)(F)F)c2)[C@@H]1C. The van der Waals surface area contributed by atoms with Crippen molar-refractivity contribution in [2.75, 3.05) is 7.11 Å². The second-order valence-corrected chi connectivity index (χ2v) is 10.5. The summed E-state index contributed by atoms with van der Waals surface area (Å²) in [6.45, 7) is 4.01. The number of amides is 1. The molecule has 5 nitrogen and oxygen atoms in total. The molecule has 0 N–H and O–H groups in total. The number of carbonyl (C=O) groups excluding carboxylic acids is 1. The van der Waals surface area contributed by atoms with Gasteiger partial charge in [-0.05, 0) is 59.9 Å². The molecule has 4 rings (SSSR count). The van der Waals surface area contributed by atoms with Crippen molar-refractivity contribution in [3.05, 3.63) is 81.9 Å². The summed E-state index contributed by atoms with van der Waals surface area (Å²) in [5.41, 5.74) is -5.02. The number of rotatable bonds is 6. The van der Waals surface area contributed by atoms with Gasteiger partial charge in [0, 0.05) is 23.4 Å². The Kier molecular flexibility index (Phi) is 8.57. The predicted octanol–water partition coefficient (Wildman–Crippen LogP) is 9.16. The van der Waals surface area contributed by atoms with Gasteiger partial charge in [-0.1, -0.05) is 13.8 Å². The fourth-order valence-corrected chi connectivity index (χ4v) is 4.91. The highest BCUT2D eigenvalue weighted by atomic mass is 19.4. The number of halogens is 10. The van der Waals surface area contributed by atoms with Gasteiger partial charge in [-0.2, -0.15) is 39.5 Å². The van der Waals surface area contributed by atoms with E-state index in [0.717, 1.165) is 17.2 Å². The topological polar surface area (TPSA) is 51.7 Å². The Hall–Kier alpha value is -4.04. The van der Waals surface area contributed by atoms with Crippen LogP contribution in [0.15, 0.2) is 42.6 Å². The molecular formula is C29H24F10N2O3. The number of cyclic esters (lactones) is 1. The molecule has 0 unspecified atom stereocenters. The van der Waals surface area contributed by atoms with Gasteiger partial charge in [0.1, 0.15) is 23.4 Å². The number of pyridine rings is 1. The molecular weight excluding hydrogens is 614 g/mol. The Bertz CT molecular complexity index is 1530. The van der Waals surface area contributed by atoms with Crippen LogP contribution in [0, 0.1) is 5.82 Å². The van der Waals surface area contributed by atoms with Gasteiger partial charge < -0.3 is 9.47 Å². The first-order valence-corrected chi connectivity index (χ1v) is 12.9. The zero-order chi connectivity index (χ0) is 32.9. The van der Waals surface area contributed by atoms with E-state index in [1.54, 1.807) is 13.8 Å². The van der Waals surface area contributed by atoms with Crippen LogP contribution in [0.4, 0.5) is 48.7 Å². The van der Waals surface area contributed by atoms with Crippen LogP contribution in [-0.4, -0.2) is 29.1 Å². The summed E-state index contributed by atoms with van der Waals surface area (Å²) in [5.74, 6) is -1.05. The van der Waals surface area contributed by atoms with Crippen molar-refractivity contribution in [2.24, 2.45) is 0 Å². The van der Waals surface area contributed by atoms with Gasteiger partial charge >= 0.3 is 24.6 Å². The van der Waals surface area contributed by atoms with Crippen LogP contribution in [0.5, 0.6) is 5.75 Å². The number of hydrogen-bond donors (Lipinski definition) is 0. The molecule has 3 aromatic rings. The average molecular weight is 639 g/mol. The molecule has 0 spiro atoms. The van der Waals surface area contributed by atoms with Gasteiger partial charge in [0.2, 0.25) is 0 Å². The number of benzene rings is 2. The van der Waals surface area contributed by atoms with E-state index in [1.807, 2.05) is 0 Å². The van der Waals surface area contributed by atoms with E-state index < -0.39 is 71.5 Å². The molecule has 1 aliphatic rings. The van der Waals surface area contributed by atoms with Crippen molar-refractivity contribution in [1.82, 2.24) is 9.88 Å². The Morgan fingerprint density at radius 3 is 1.98 bits per heavy atom. The van der Waals surface area contributed by atoms with Crippen molar-refractivity contribution in [2.45, 2.75) is 63.9 Å². The molecule has 1 fully saturated rings. The summed E-state index contributed by atoms with van der Waals surface area (Å²) in [5, 5.41) is 0. The summed E-state index contributed by atoms with van der Waals surface area (Å²) in [4.78, 5) is 17.3. The standard InChI is InChI=1S/C29H24F10N2O3/c1-13(2)19-9-20(23(43-4)10-22(19)30)21-11-40-24(29(37,38)39)7-16(21)12-41-14(3)25(44-26(41)42)15-5-17(27(31,32)33)8-18(6-15)28(34,35)36/h5-11,13-14,25H,12H2,1-4H3/t14-,25-/m0/s1. The van der Waals surface area contributed by atoms with E-state index in [1.165, 1.54) is 20.1 Å². The lowest BCUT2D eigenvalue weighted by Gasteiger charge is -2.24. The number of hydrogen-bond acceptors (Lipinski definition) is 4. The third kappa shape index (κ3) is 6.55. The molecule has 44 heavy (non-hydrogen) atoms. The maximum absolute atomic E-state index is 14.7. The first kappa shape index (κ1) is 32.9. The van der Waals surface area contributed by atoms with Gasteiger partial charge in [0.05, 0.1) is 30.8 Å². The number of alkyl halides is 9. The van der Waals surface area contributed by atoms with Gasteiger partial charge in [0.15, 0.2) is 0 Å².